The summed E-state index contributed by atoms with van der Waals surface area (Å²) in [6.45, 7) is 1.26. The fraction of sp³-hybridized carbons (Fsp3) is 0.182. The minimum absolute atomic E-state index is 0.410. The number of thioether (sulfide) groups is 1. The maximum atomic E-state index is 13.3. The molecule has 0 aliphatic carbocycles. The fourth-order valence-corrected chi connectivity index (χ4v) is 2.84. The zero-order chi connectivity index (χ0) is 12.9. The minimum atomic E-state index is -0.559. The number of benzene rings is 1. The normalized spacial score (nSPS) is 13.0. The van der Waals surface area contributed by atoms with Gasteiger partial charge in [0, 0.05) is 12.7 Å². The van der Waals surface area contributed by atoms with E-state index in [0.29, 0.717) is 16.6 Å². The van der Waals surface area contributed by atoms with Crippen molar-refractivity contribution in [3.8, 4) is 5.69 Å². The molecule has 2 aromatic rings. The molecule has 18 heavy (non-hydrogen) atoms. The van der Waals surface area contributed by atoms with E-state index in [-0.39, 0.29) is 0 Å². The third-order valence-electron chi connectivity index (χ3n) is 2.69. The first-order chi connectivity index (χ1) is 8.58. The second kappa shape index (κ2) is 3.81. The van der Waals surface area contributed by atoms with Gasteiger partial charge in [-0.2, -0.15) is 0 Å². The average molecular weight is 265 g/mol. The summed E-state index contributed by atoms with van der Waals surface area (Å²) in [5.41, 5.74) is 0.747. The van der Waals surface area contributed by atoms with Crippen LogP contribution in [0.2, 0.25) is 0 Å². The van der Waals surface area contributed by atoms with Crippen molar-refractivity contribution in [3.05, 3.63) is 40.1 Å². The van der Waals surface area contributed by atoms with E-state index in [1.807, 2.05) is 0 Å². The number of nitrogens with zero attached hydrogens (tertiary/aromatic N) is 3. The lowest BCUT2D eigenvalue weighted by Crippen LogP contribution is -2.28. The molecule has 0 N–H and O–H groups in total. The molecule has 0 saturated heterocycles. The van der Waals surface area contributed by atoms with Gasteiger partial charge in [0.25, 0.3) is 0 Å². The number of hydrogen-bond donors (Lipinski definition) is 0. The van der Waals surface area contributed by atoms with Crippen molar-refractivity contribution >= 4 is 17.7 Å². The summed E-state index contributed by atoms with van der Waals surface area (Å²) in [6.07, 6.45) is 0. The molecule has 1 aromatic heterocycles. The van der Waals surface area contributed by atoms with Crippen LogP contribution in [0.15, 0.2) is 28.2 Å². The molecule has 0 amide bonds. The van der Waals surface area contributed by atoms with Crippen molar-refractivity contribution in [2.45, 2.75) is 17.8 Å². The van der Waals surface area contributed by atoms with Crippen LogP contribution in [-0.4, -0.2) is 20.3 Å². The van der Waals surface area contributed by atoms with Gasteiger partial charge in [0.15, 0.2) is 5.16 Å². The van der Waals surface area contributed by atoms with E-state index >= 15 is 0 Å². The Hall–Kier alpha value is -1.89. The molecule has 0 unspecified atom stereocenters. The lowest BCUT2D eigenvalue weighted by Gasteiger charge is -2.15. The second-order valence-corrected chi connectivity index (χ2v) is 4.84. The van der Waals surface area contributed by atoms with Crippen LogP contribution in [0.4, 0.5) is 4.39 Å². The first-order valence-corrected chi connectivity index (χ1v) is 6.21. The van der Waals surface area contributed by atoms with E-state index in [1.165, 1.54) is 35.4 Å². The van der Waals surface area contributed by atoms with Crippen molar-refractivity contribution in [1.29, 1.82) is 0 Å². The number of carbonyl (C=O) groups is 1. The van der Waals surface area contributed by atoms with Gasteiger partial charge in [-0.3, -0.25) is 4.79 Å². The summed E-state index contributed by atoms with van der Waals surface area (Å²) >= 11 is 1.35. The largest absolute Gasteiger partial charge is 0.358 e. The van der Waals surface area contributed by atoms with Gasteiger partial charge < -0.3 is 0 Å². The van der Waals surface area contributed by atoms with Gasteiger partial charge in [0.1, 0.15) is 5.82 Å². The molecule has 0 fully saturated rings. The number of hydrogen-bond acceptors (Lipinski definition) is 4. The third kappa shape index (κ3) is 1.51. The number of halogens is 1. The van der Waals surface area contributed by atoms with Gasteiger partial charge in [0.05, 0.1) is 5.69 Å². The van der Waals surface area contributed by atoms with Crippen LogP contribution in [0.1, 0.15) is 17.3 Å². The molecule has 92 valence electrons. The number of fused-ring (bicyclic) bond motifs is 3. The van der Waals surface area contributed by atoms with Crippen LogP contribution < -0.4 is 5.69 Å². The fourth-order valence-electron chi connectivity index (χ4n) is 1.86. The van der Waals surface area contributed by atoms with Crippen molar-refractivity contribution < 1.29 is 9.18 Å². The van der Waals surface area contributed by atoms with Gasteiger partial charge in [-0.15, -0.1) is 9.78 Å². The predicted molar refractivity (Wildman–Crippen MR) is 63.6 cm³/mol. The van der Waals surface area contributed by atoms with Crippen LogP contribution in [0, 0.1) is 5.82 Å². The van der Waals surface area contributed by atoms with Crippen LogP contribution in [0.5, 0.6) is 0 Å². The van der Waals surface area contributed by atoms with E-state index in [2.05, 4.69) is 5.10 Å². The highest BCUT2D eigenvalue weighted by Gasteiger charge is 2.24. The quantitative estimate of drug-likeness (QED) is 0.723. The molecule has 0 bridgehead atoms. The van der Waals surface area contributed by atoms with Gasteiger partial charge in [-0.25, -0.2) is 13.8 Å². The standard InChI is InChI=1S/C11H8FN3O2S/c1-6(16)15-11(17)14-9-4-8(12)3-2-7(9)5-18-10(14)13-15/h2-4H,5H2,1H3. The summed E-state index contributed by atoms with van der Waals surface area (Å²) in [5, 5.41) is 4.35. The Kier molecular flexibility index (Phi) is 2.37. The van der Waals surface area contributed by atoms with Crippen LogP contribution in [0.3, 0.4) is 0 Å². The molecular formula is C11H8FN3O2S. The van der Waals surface area contributed by atoms with E-state index in [0.717, 1.165) is 10.2 Å². The lowest BCUT2D eigenvalue weighted by molar-refractivity contribution is 0.0915. The van der Waals surface area contributed by atoms with E-state index in [1.54, 1.807) is 6.07 Å². The van der Waals surface area contributed by atoms with Crippen molar-refractivity contribution in [3.63, 3.8) is 0 Å². The smallest absolute Gasteiger partial charge is 0.273 e. The van der Waals surface area contributed by atoms with Gasteiger partial charge in [-0.05, 0) is 17.7 Å². The Morgan fingerprint density at radius 2 is 2.28 bits per heavy atom. The summed E-state index contributed by atoms with van der Waals surface area (Å²) in [7, 11) is 0. The molecule has 3 rings (SSSR count). The van der Waals surface area contributed by atoms with Crippen molar-refractivity contribution in [1.82, 2.24) is 14.3 Å². The lowest BCUT2D eigenvalue weighted by atomic mass is 10.2. The number of carbonyl (C=O) groups excluding carboxylic acids is 1. The average Bonchev–Trinajstić information content (AvgIpc) is 2.67. The molecule has 0 atom stereocenters. The monoisotopic (exact) mass is 265 g/mol. The van der Waals surface area contributed by atoms with Gasteiger partial charge in [-0.1, -0.05) is 17.8 Å². The zero-order valence-corrected chi connectivity index (χ0v) is 10.2. The SMILES string of the molecule is CC(=O)n1nc2n(c1=O)-c1cc(F)ccc1CS2. The molecule has 2 heterocycles. The molecule has 1 aliphatic rings. The Labute approximate surface area is 105 Å². The highest BCUT2D eigenvalue weighted by molar-refractivity contribution is 7.98. The summed E-state index contributed by atoms with van der Waals surface area (Å²) in [5.74, 6) is -0.279. The minimum Gasteiger partial charge on any atom is -0.273 e. The number of rotatable bonds is 0. The van der Waals surface area contributed by atoms with Gasteiger partial charge >= 0.3 is 5.69 Å². The van der Waals surface area contributed by atoms with E-state index in [4.69, 9.17) is 0 Å². The molecule has 0 radical (unpaired) electrons. The maximum Gasteiger partial charge on any atom is 0.358 e. The molecule has 7 heteroatoms. The first-order valence-electron chi connectivity index (χ1n) is 5.22. The topological polar surface area (TPSA) is 56.9 Å². The molecule has 0 saturated carbocycles. The molecule has 1 aliphatic heterocycles. The summed E-state index contributed by atoms with van der Waals surface area (Å²) in [6, 6.07) is 4.27. The highest BCUT2D eigenvalue weighted by Crippen LogP contribution is 2.31. The molecule has 1 aromatic carbocycles. The summed E-state index contributed by atoms with van der Waals surface area (Å²) in [4.78, 5) is 23.3. The Morgan fingerprint density at radius 3 is 3.00 bits per heavy atom. The molecular weight excluding hydrogens is 257 g/mol. The van der Waals surface area contributed by atoms with E-state index < -0.39 is 17.4 Å². The van der Waals surface area contributed by atoms with E-state index in [9.17, 15) is 14.0 Å². The van der Waals surface area contributed by atoms with Gasteiger partial charge in [0.2, 0.25) is 5.91 Å². The van der Waals surface area contributed by atoms with Crippen molar-refractivity contribution in [2.75, 3.05) is 0 Å². The predicted octanol–water partition coefficient (Wildman–Crippen LogP) is 1.44. The Balaban J connectivity index is 2.32. The Morgan fingerprint density at radius 1 is 1.50 bits per heavy atom. The number of aromatic nitrogens is 3. The second-order valence-electron chi connectivity index (χ2n) is 3.89. The third-order valence-corrected chi connectivity index (χ3v) is 3.67. The van der Waals surface area contributed by atoms with Crippen molar-refractivity contribution in [2.24, 2.45) is 0 Å². The Bertz CT molecular complexity index is 720. The summed E-state index contributed by atoms with van der Waals surface area (Å²) < 4.78 is 15.3. The molecule has 5 nitrogen and oxygen atoms in total. The van der Waals surface area contributed by atoms with Crippen LogP contribution in [-0.2, 0) is 5.75 Å². The first kappa shape index (κ1) is 11.2. The zero-order valence-electron chi connectivity index (χ0n) is 9.38. The highest BCUT2D eigenvalue weighted by atomic mass is 32.2. The van der Waals surface area contributed by atoms with Crippen LogP contribution in [0.25, 0.3) is 5.69 Å². The molecule has 0 spiro atoms. The maximum absolute atomic E-state index is 13.3. The van der Waals surface area contributed by atoms with Crippen LogP contribution >= 0.6 is 11.8 Å².